The lowest BCUT2D eigenvalue weighted by Crippen LogP contribution is -2.58. The summed E-state index contributed by atoms with van der Waals surface area (Å²) in [4.78, 5) is 49.3. The molecular formula is C34H39N3O5S. The number of anilines is 2. The highest BCUT2D eigenvalue weighted by molar-refractivity contribution is 8.02. The van der Waals surface area contributed by atoms with E-state index in [4.69, 9.17) is 4.74 Å². The topological polar surface area (TPSA) is 90.4 Å². The van der Waals surface area contributed by atoms with Crippen molar-refractivity contribution in [3.63, 3.8) is 0 Å². The Bertz CT molecular complexity index is 1460. The number of benzene rings is 2. The summed E-state index contributed by atoms with van der Waals surface area (Å²) >= 11 is 1.56. The summed E-state index contributed by atoms with van der Waals surface area (Å²) in [6, 6.07) is 15.4. The van der Waals surface area contributed by atoms with Crippen molar-refractivity contribution in [3.8, 4) is 5.75 Å². The third-order valence-corrected chi connectivity index (χ3v) is 11.6. The van der Waals surface area contributed by atoms with E-state index in [0.29, 0.717) is 24.5 Å². The lowest BCUT2D eigenvalue weighted by atomic mass is 9.74. The molecule has 3 amide bonds. The highest BCUT2D eigenvalue weighted by atomic mass is 32.2. The lowest BCUT2D eigenvalue weighted by Gasteiger charge is -2.41. The van der Waals surface area contributed by atoms with Crippen LogP contribution in [0.25, 0.3) is 0 Å². The number of rotatable bonds is 7. The molecule has 4 aliphatic heterocycles. The van der Waals surface area contributed by atoms with Crippen molar-refractivity contribution in [2.45, 2.75) is 48.8 Å². The summed E-state index contributed by atoms with van der Waals surface area (Å²) < 4.78 is 3.63. The third-order valence-electron chi connectivity index (χ3n) is 9.79. The van der Waals surface area contributed by atoms with Crippen molar-refractivity contribution in [2.75, 3.05) is 36.6 Å². The molecule has 8 nitrogen and oxygen atoms in total. The van der Waals surface area contributed by atoms with E-state index in [9.17, 15) is 19.5 Å². The normalized spacial score (nSPS) is 31.3. The summed E-state index contributed by atoms with van der Waals surface area (Å²) in [7, 11) is 1.60. The molecule has 1 unspecified atom stereocenters. The molecule has 2 fully saturated rings. The first-order valence-electron chi connectivity index (χ1n) is 15.0. The molecule has 0 radical (unpaired) electrons. The number of ether oxygens (including phenoxy) is 1. The smallest absolute Gasteiger partial charge is 0.251 e. The number of fused-ring (bicyclic) bond motifs is 2. The maximum absolute atomic E-state index is 14.8. The standard InChI is InChI=1S/C34H39N3O5S/c1-5-22(2)26(21-38)37-29-32(41)36(24-13-15-25(42-4)16-14-24)20-10-18-34(29)28(31(37)40)27-30(39)35(23-11-7-6-8-12-23)19-9-17-33(27,3)43-34/h6-18,22,26-29,38H,5,19-21H2,1-4H3/t22-,26-,27+,28-,29?,33-,34-/m0/s1. The minimum Gasteiger partial charge on any atom is -0.497 e. The second kappa shape index (κ2) is 11.2. The fourth-order valence-electron chi connectivity index (χ4n) is 7.47. The van der Waals surface area contributed by atoms with Crippen LogP contribution in [0.15, 0.2) is 78.9 Å². The van der Waals surface area contributed by atoms with Gasteiger partial charge in [-0.2, -0.15) is 0 Å². The lowest BCUT2D eigenvalue weighted by molar-refractivity contribution is -0.143. The third kappa shape index (κ3) is 4.51. The van der Waals surface area contributed by atoms with Gasteiger partial charge in [0.25, 0.3) is 5.91 Å². The van der Waals surface area contributed by atoms with Crippen LogP contribution >= 0.6 is 11.8 Å². The monoisotopic (exact) mass is 601 g/mol. The van der Waals surface area contributed by atoms with E-state index in [-0.39, 0.29) is 30.2 Å². The van der Waals surface area contributed by atoms with Gasteiger partial charge < -0.3 is 24.5 Å². The van der Waals surface area contributed by atoms with E-state index in [2.05, 4.69) is 6.08 Å². The molecule has 2 aromatic carbocycles. The van der Waals surface area contributed by atoms with Crippen LogP contribution in [-0.2, 0) is 14.4 Å². The molecule has 0 aliphatic carbocycles. The average molecular weight is 602 g/mol. The van der Waals surface area contributed by atoms with Crippen LogP contribution in [0, 0.1) is 17.8 Å². The Hall–Kier alpha value is -3.56. The van der Waals surface area contributed by atoms with E-state index >= 15 is 0 Å². The van der Waals surface area contributed by atoms with Crippen molar-refractivity contribution >= 4 is 40.9 Å². The van der Waals surface area contributed by atoms with E-state index < -0.39 is 33.4 Å². The van der Waals surface area contributed by atoms with E-state index in [1.165, 1.54) is 0 Å². The first-order chi connectivity index (χ1) is 20.7. The van der Waals surface area contributed by atoms with Crippen LogP contribution in [0.1, 0.15) is 27.2 Å². The van der Waals surface area contributed by atoms with Gasteiger partial charge in [-0.3, -0.25) is 14.4 Å². The number of likely N-dealkylation sites (tertiary alicyclic amines) is 1. The molecular weight excluding hydrogens is 562 g/mol. The first-order valence-corrected chi connectivity index (χ1v) is 15.8. The SMILES string of the molecule is CC[C@H](C)[C@H](CO)N1C(=O)[C@@H]2[C@@H]3C(=O)N(c4ccccc4)CC=C[C@]3(C)S[C@@]23C=CCN(c2ccc(OC)cc2)C(=O)C13. The zero-order valence-electron chi connectivity index (χ0n) is 25.1. The number of methoxy groups -OCH3 is 1. The molecule has 226 valence electrons. The Morgan fingerprint density at radius 1 is 0.907 bits per heavy atom. The summed E-state index contributed by atoms with van der Waals surface area (Å²) in [5.41, 5.74) is 1.47. The molecule has 0 saturated carbocycles. The number of aliphatic hydroxyl groups is 1. The zero-order chi connectivity index (χ0) is 30.5. The fraction of sp³-hybridized carbons (Fsp3) is 0.441. The number of thioether (sulfide) groups is 1. The number of amides is 3. The van der Waals surface area contributed by atoms with E-state index in [1.807, 2.05) is 93.6 Å². The largest absolute Gasteiger partial charge is 0.497 e. The van der Waals surface area contributed by atoms with E-state index in [1.54, 1.807) is 33.6 Å². The number of carbonyl (C=O) groups is 3. The molecule has 1 spiro atoms. The molecule has 0 aromatic heterocycles. The number of hydrogen-bond donors (Lipinski definition) is 1. The van der Waals surface area contributed by atoms with Crippen molar-refractivity contribution in [1.82, 2.24) is 4.90 Å². The van der Waals surface area contributed by atoms with Gasteiger partial charge >= 0.3 is 0 Å². The Kier molecular flexibility index (Phi) is 7.67. The van der Waals surface area contributed by atoms with Gasteiger partial charge in [-0.1, -0.05) is 62.8 Å². The Morgan fingerprint density at radius 3 is 2.16 bits per heavy atom. The molecule has 1 N–H and O–H groups in total. The van der Waals surface area contributed by atoms with Gasteiger partial charge in [-0.15, -0.1) is 11.8 Å². The Balaban J connectivity index is 1.50. The van der Waals surface area contributed by atoms with Gasteiger partial charge in [0.05, 0.1) is 36.3 Å². The summed E-state index contributed by atoms with van der Waals surface area (Å²) in [6.07, 6.45) is 8.78. The van der Waals surface area contributed by atoms with Crippen LogP contribution in [0.2, 0.25) is 0 Å². The van der Waals surface area contributed by atoms with Gasteiger partial charge in [0.1, 0.15) is 11.8 Å². The minimum atomic E-state index is -0.991. The van der Waals surface area contributed by atoms with Crippen molar-refractivity contribution in [3.05, 3.63) is 78.9 Å². The minimum absolute atomic E-state index is 0.0544. The van der Waals surface area contributed by atoms with E-state index in [0.717, 1.165) is 12.1 Å². The summed E-state index contributed by atoms with van der Waals surface area (Å²) in [5, 5.41) is 10.7. The predicted octanol–water partition coefficient (Wildman–Crippen LogP) is 4.30. The molecule has 2 saturated heterocycles. The molecule has 7 atom stereocenters. The fourth-order valence-corrected chi connectivity index (χ4v) is 9.61. The Labute approximate surface area is 257 Å². The second-order valence-electron chi connectivity index (χ2n) is 12.1. The highest BCUT2D eigenvalue weighted by Crippen LogP contribution is 2.66. The number of para-hydroxylation sites is 1. The van der Waals surface area contributed by atoms with Crippen molar-refractivity contribution in [2.24, 2.45) is 17.8 Å². The van der Waals surface area contributed by atoms with Crippen LogP contribution in [0.4, 0.5) is 11.4 Å². The van der Waals surface area contributed by atoms with Crippen molar-refractivity contribution < 1.29 is 24.2 Å². The molecule has 2 aromatic rings. The van der Waals surface area contributed by atoms with Crippen LogP contribution < -0.4 is 14.5 Å². The predicted molar refractivity (Wildman–Crippen MR) is 169 cm³/mol. The molecule has 4 aliphatic rings. The molecule has 4 heterocycles. The van der Waals surface area contributed by atoms with Gasteiger partial charge in [-0.05, 0) is 49.2 Å². The molecule has 0 bridgehead atoms. The first kappa shape index (κ1) is 29.5. The summed E-state index contributed by atoms with van der Waals surface area (Å²) in [5.74, 6) is -1.42. The van der Waals surface area contributed by atoms with Crippen LogP contribution in [0.3, 0.4) is 0 Å². The number of carbonyl (C=O) groups excluding carboxylic acids is 3. The molecule has 43 heavy (non-hydrogen) atoms. The average Bonchev–Trinajstić information content (AvgIpc) is 3.29. The van der Waals surface area contributed by atoms with Gasteiger partial charge in [0.2, 0.25) is 11.8 Å². The van der Waals surface area contributed by atoms with Gasteiger partial charge in [-0.25, -0.2) is 0 Å². The zero-order valence-corrected chi connectivity index (χ0v) is 25.9. The second-order valence-corrected chi connectivity index (χ2v) is 13.9. The molecule has 9 heteroatoms. The van der Waals surface area contributed by atoms with Gasteiger partial charge in [0, 0.05) is 29.2 Å². The van der Waals surface area contributed by atoms with Crippen LogP contribution in [0.5, 0.6) is 5.75 Å². The quantitative estimate of drug-likeness (QED) is 0.477. The highest BCUT2D eigenvalue weighted by Gasteiger charge is 2.74. The van der Waals surface area contributed by atoms with Gasteiger partial charge in [0.15, 0.2) is 0 Å². The van der Waals surface area contributed by atoms with Crippen LogP contribution in [-0.4, -0.2) is 76.1 Å². The number of aliphatic hydroxyl groups excluding tert-OH is 1. The number of nitrogens with zero attached hydrogens (tertiary/aromatic N) is 3. The maximum Gasteiger partial charge on any atom is 0.251 e. The molecule has 6 rings (SSSR count). The Morgan fingerprint density at radius 2 is 1.53 bits per heavy atom. The number of hydrogen-bond acceptors (Lipinski definition) is 6. The summed E-state index contributed by atoms with van der Waals surface area (Å²) in [6.45, 7) is 6.51. The van der Waals surface area contributed by atoms with Crippen molar-refractivity contribution in [1.29, 1.82) is 0 Å². The maximum atomic E-state index is 14.8.